The van der Waals surface area contributed by atoms with E-state index in [1.807, 2.05) is 30.3 Å². The number of allylic oxidation sites excluding steroid dienone is 1. The van der Waals surface area contributed by atoms with Gasteiger partial charge in [-0.1, -0.05) is 53.8 Å². The van der Waals surface area contributed by atoms with Gasteiger partial charge in [0.2, 0.25) is 0 Å². The van der Waals surface area contributed by atoms with Crippen LogP contribution in [0.2, 0.25) is 0 Å². The zero-order valence-electron chi connectivity index (χ0n) is 17.5. The number of hydrogen-bond acceptors (Lipinski definition) is 6. The molecule has 2 aromatic carbocycles. The first kappa shape index (κ1) is 21.2. The van der Waals surface area contributed by atoms with Gasteiger partial charge in [0.15, 0.2) is 11.0 Å². The number of para-hydroxylation sites is 2. The standard InChI is InChI=1S/C24H19F2N5OS/c25-23(26)31-19-9-5-4-8-18(19)28-22(31)17(15-27)14-20-21(16-6-2-1-3-7-16)29-24(33-20)30-10-12-32-13-11-30/h1-9,14,23H,10-13H2/b17-14+. The minimum Gasteiger partial charge on any atom is -0.378 e. The van der Waals surface area contributed by atoms with Crippen LogP contribution in [-0.4, -0.2) is 40.8 Å². The first-order valence-electron chi connectivity index (χ1n) is 10.4. The maximum Gasteiger partial charge on any atom is 0.320 e. The Morgan fingerprint density at radius 1 is 1.06 bits per heavy atom. The SMILES string of the molecule is N#C/C(=C\c1sc(N2CCOCC2)nc1-c1ccccc1)c1nc2ccccc2n1C(F)F. The van der Waals surface area contributed by atoms with Gasteiger partial charge in [0.05, 0.1) is 40.4 Å². The molecule has 0 bridgehead atoms. The Labute approximate surface area is 193 Å². The maximum atomic E-state index is 14.0. The number of hydrogen-bond donors (Lipinski definition) is 0. The summed E-state index contributed by atoms with van der Waals surface area (Å²) in [6, 6.07) is 18.3. The van der Waals surface area contributed by atoms with Crippen molar-refractivity contribution in [3.05, 3.63) is 65.3 Å². The maximum absolute atomic E-state index is 14.0. The number of nitriles is 1. The van der Waals surface area contributed by atoms with E-state index in [0.717, 1.165) is 28.4 Å². The van der Waals surface area contributed by atoms with E-state index in [1.54, 1.807) is 30.3 Å². The predicted molar refractivity (Wildman–Crippen MR) is 125 cm³/mol. The van der Waals surface area contributed by atoms with Crippen LogP contribution in [0.15, 0.2) is 54.6 Å². The molecule has 33 heavy (non-hydrogen) atoms. The summed E-state index contributed by atoms with van der Waals surface area (Å²) in [5, 5.41) is 10.7. The number of imidazole rings is 1. The van der Waals surface area contributed by atoms with Crippen molar-refractivity contribution in [1.82, 2.24) is 14.5 Å². The first-order chi connectivity index (χ1) is 16.2. The molecule has 166 valence electrons. The third kappa shape index (κ3) is 4.11. The van der Waals surface area contributed by atoms with Gasteiger partial charge in [-0.15, -0.1) is 0 Å². The van der Waals surface area contributed by atoms with Gasteiger partial charge in [0.25, 0.3) is 0 Å². The lowest BCUT2D eigenvalue weighted by molar-refractivity contribution is 0.0738. The summed E-state index contributed by atoms with van der Waals surface area (Å²) in [5.74, 6) is -0.0611. The third-order valence-electron chi connectivity index (χ3n) is 5.40. The second kappa shape index (κ2) is 9.10. The predicted octanol–water partition coefficient (Wildman–Crippen LogP) is 5.46. The van der Waals surface area contributed by atoms with Crippen LogP contribution in [0.25, 0.3) is 33.9 Å². The quantitative estimate of drug-likeness (QED) is 0.368. The average Bonchev–Trinajstić information content (AvgIpc) is 3.45. The number of nitrogens with zero attached hydrogens (tertiary/aromatic N) is 5. The first-order valence-corrected chi connectivity index (χ1v) is 11.2. The van der Waals surface area contributed by atoms with E-state index in [0.29, 0.717) is 29.3 Å². The van der Waals surface area contributed by atoms with Gasteiger partial charge in [-0.2, -0.15) is 14.0 Å². The summed E-state index contributed by atoms with van der Waals surface area (Å²) in [7, 11) is 0. The number of aromatic nitrogens is 3. The van der Waals surface area contributed by atoms with Crippen LogP contribution < -0.4 is 4.90 Å². The fourth-order valence-electron chi connectivity index (χ4n) is 3.82. The second-order valence-electron chi connectivity index (χ2n) is 7.42. The Balaban J connectivity index is 1.66. The lowest BCUT2D eigenvalue weighted by atomic mass is 10.1. The normalized spacial score (nSPS) is 14.7. The summed E-state index contributed by atoms with van der Waals surface area (Å²) < 4.78 is 34.2. The molecule has 3 heterocycles. The highest BCUT2D eigenvalue weighted by atomic mass is 32.1. The molecule has 0 N–H and O–H groups in total. The van der Waals surface area contributed by atoms with E-state index < -0.39 is 6.55 Å². The number of fused-ring (bicyclic) bond motifs is 1. The molecule has 1 fully saturated rings. The number of anilines is 1. The van der Waals surface area contributed by atoms with Crippen molar-refractivity contribution in [1.29, 1.82) is 5.26 Å². The molecule has 0 spiro atoms. The summed E-state index contributed by atoms with van der Waals surface area (Å²) in [6.07, 6.45) is 1.62. The Kier molecular flexibility index (Phi) is 5.86. The molecule has 0 aliphatic carbocycles. The van der Waals surface area contributed by atoms with Crippen molar-refractivity contribution in [3.63, 3.8) is 0 Å². The van der Waals surface area contributed by atoms with E-state index in [4.69, 9.17) is 9.72 Å². The number of thiazole rings is 1. The van der Waals surface area contributed by atoms with Gasteiger partial charge in [-0.25, -0.2) is 9.97 Å². The molecule has 9 heteroatoms. The van der Waals surface area contributed by atoms with E-state index in [9.17, 15) is 14.0 Å². The Bertz CT molecular complexity index is 1350. The molecule has 1 aliphatic rings. The zero-order valence-corrected chi connectivity index (χ0v) is 18.3. The van der Waals surface area contributed by atoms with Crippen LogP contribution in [0, 0.1) is 11.3 Å². The van der Waals surface area contributed by atoms with E-state index in [-0.39, 0.29) is 16.9 Å². The van der Waals surface area contributed by atoms with Gasteiger partial charge in [0, 0.05) is 18.7 Å². The smallest absolute Gasteiger partial charge is 0.320 e. The number of halogens is 2. The molecule has 2 aromatic heterocycles. The van der Waals surface area contributed by atoms with Crippen LogP contribution in [0.5, 0.6) is 0 Å². The van der Waals surface area contributed by atoms with Crippen LogP contribution in [-0.2, 0) is 4.74 Å². The molecule has 0 amide bonds. The fourth-order valence-corrected chi connectivity index (χ4v) is 4.90. The molecule has 6 nitrogen and oxygen atoms in total. The van der Waals surface area contributed by atoms with Crippen molar-refractivity contribution in [2.45, 2.75) is 6.55 Å². The van der Waals surface area contributed by atoms with Crippen molar-refractivity contribution >= 4 is 39.2 Å². The van der Waals surface area contributed by atoms with Crippen LogP contribution >= 0.6 is 11.3 Å². The van der Waals surface area contributed by atoms with Crippen LogP contribution in [0.4, 0.5) is 13.9 Å². The molecule has 4 aromatic rings. The number of rotatable bonds is 5. The van der Waals surface area contributed by atoms with Gasteiger partial charge in [-0.3, -0.25) is 4.57 Å². The molecule has 0 unspecified atom stereocenters. The number of alkyl halides is 2. The second-order valence-corrected chi connectivity index (χ2v) is 8.43. The van der Waals surface area contributed by atoms with Gasteiger partial charge < -0.3 is 9.64 Å². The highest BCUT2D eigenvalue weighted by Crippen LogP contribution is 2.37. The monoisotopic (exact) mass is 463 g/mol. The van der Waals surface area contributed by atoms with E-state index in [2.05, 4.69) is 16.0 Å². The topological polar surface area (TPSA) is 67.0 Å². The molecule has 1 saturated heterocycles. The zero-order chi connectivity index (χ0) is 22.8. The van der Waals surface area contributed by atoms with E-state index in [1.165, 1.54) is 11.3 Å². The van der Waals surface area contributed by atoms with E-state index >= 15 is 0 Å². The van der Waals surface area contributed by atoms with Crippen molar-refractivity contribution < 1.29 is 13.5 Å². The van der Waals surface area contributed by atoms with Crippen molar-refractivity contribution in [2.24, 2.45) is 0 Å². The van der Waals surface area contributed by atoms with Gasteiger partial charge in [-0.05, 0) is 18.2 Å². The van der Waals surface area contributed by atoms with Crippen LogP contribution in [0.3, 0.4) is 0 Å². The average molecular weight is 464 g/mol. The van der Waals surface area contributed by atoms with Gasteiger partial charge >= 0.3 is 6.55 Å². The number of ether oxygens (including phenoxy) is 1. The fraction of sp³-hybridized carbons (Fsp3) is 0.208. The molecule has 5 rings (SSSR count). The molecular formula is C24H19F2N5OS. The molecule has 0 saturated carbocycles. The lowest BCUT2D eigenvalue weighted by Gasteiger charge is -2.26. The Morgan fingerprint density at radius 2 is 1.79 bits per heavy atom. The largest absolute Gasteiger partial charge is 0.378 e. The summed E-state index contributed by atoms with van der Waals surface area (Å²) in [5.41, 5.74) is 2.34. The summed E-state index contributed by atoms with van der Waals surface area (Å²) >= 11 is 1.43. The molecule has 1 aliphatic heterocycles. The number of benzene rings is 2. The minimum absolute atomic E-state index is 0.0564. The lowest BCUT2D eigenvalue weighted by Crippen LogP contribution is -2.36. The molecule has 0 atom stereocenters. The summed E-state index contributed by atoms with van der Waals surface area (Å²) in [4.78, 5) is 12.0. The molecular weight excluding hydrogens is 444 g/mol. The third-order valence-corrected chi connectivity index (χ3v) is 6.46. The van der Waals surface area contributed by atoms with Gasteiger partial charge in [0.1, 0.15) is 6.07 Å². The Morgan fingerprint density at radius 3 is 2.52 bits per heavy atom. The highest BCUT2D eigenvalue weighted by molar-refractivity contribution is 7.17. The van der Waals surface area contributed by atoms with Crippen LogP contribution in [0.1, 0.15) is 17.3 Å². The highest BCUT2D eigenvalue weighted by Gasteiger charge is 2.23. The van der Waals surface area contributed by atoms with Crippen molar-refractivity contribution in [3.8, 4) is 17.3 Å². The number of morpholine rings is 1. The summed E-state index contributed by atoms with van der Waals surface area (Å²) in [6.45, 7) is -0.155. The molecule has 0 radical (unpaired) electrons. The minimum atomic E-state index is -2.83. The Hall–Kier alpha value is -3.61. The van der Waals surface area contributed by atoms with Crippen molar-refractivity contribution in [2.75, 3.05) is 31.2 Å².